The highest BCUT2D eigenvalue weighted by atomic mass is 19.1. The number of benzene rings is 1. The monoisotopic (exact) mass is 344 g/mol. The summed E-state index contributed by atoms with van der Waals surface area (Å²) in [6.45, 7) is 0.185. The summed E-state index contributed by atoms with van der Waals surface area (Å²) >= 11 is 0. The van der Waals surface area contributed by atoms with E-state index >= 15 is 0 Å². The van der Waals surface area contributed by atoms with Crippen molar-refractivity contribution in [3.05, 3.63) is 59.9 Å². The smallest absolute Gasteiger partial charge is 0.338 e. The molecule has 0 spiro atoms. The summed E-state index contributed by atoms with van der Waals surface area (Å²) in [5, 5.41) is 12.8. The Hall–Kier alpha value is -3.49. The molecule has 1 aromatic carbocycles. The number of hydrogen-bond donors (Lipinski definition) is 1. The summed E-state index contributed by atoms with van der Waals surface area (Å²) in [5.74, 6) is -0.776. The van der Waals surface area contributed by atoms with Gasteiger partial charge in [0.15, 0.2) is 17.3 Å². The van der Waals surface area contributed by atoms with Crippen molar-refractivity contribution in [1.82, 2.24) is 19.7 Å². The van der Waals surface area contributed by atoms with Crippen LogP contribution >= 0.6 is 0 Å². The third-order valence-corrected chi connectivity index (χ3v) is 3.27. The molecule has 0 bridgehead atoms. The molecule has 0 aliphatic rings. The number of hydrogen-bond acceptors (Lipinski definition) is 6. The van der Waals surface area contributed by atoms with Gasteiger partial charge in [-0.15, -0.1) is 0 Å². The van der Waals surface area contributed by atoms with Gasteiger partial charge in [-0.1, -0.05) is 6.07 Å². The molecule has 3 aromatic rings. The van der Waals surface area contributed by atoms with Crippen molar-refractivity contribution in [1.29, 1.82) is 0 Å². The van der Waals surface area contributed by atoms with Crippen molar-refractivity contribution in [2.24, 2.45) is 0 Å². The molecule has 9 heteroatoms. The van der Waals surface area contributed by atoms with E-state index in [4.69, 9.17) is 14.6 Å². The average Bonchev–Trinajstić information content (AvgIpc) is 3.12. The van der Waals surface area contributed by atoms with Gasteiger partial charge in [0.2, 0.25) is 0 Å². The molecule has 0 atom stereocenters. The van der Waals surface area contributed by atoms with Crippen LogP contribution in [-0.2, 0) is 6.61 Å². The summed E-state index contributed by atoms with van der Waals surface area (Å²) in [6.07, 6.45) is 5.39. The Balaban J connectivity index is 1.67. The Bertz CT molecular complexity index is 895. The van der Waals surface area contributed by atoms with Crippen molar-refractivity contribution in [2.75, 3.05) is 7.11 Å². The number of carboxylic acids is 1. The number of methoxy groups -OCH3 is 1. The zero-order chi connectivity index (χ0) is 17.8. The number of carbonyl (C=O) groups is 1. The number of rotatable bonds is 6. The Morgan fingerprint density at radius 1 is 1.28 bits per heavy atom. The molecule has 0 unspecified atom stereocenters. The van der Waals surface area contributed by atoms with Crippen molar-refractivity contribution in [3.63, 3.8) is 0 Å². The Labute approximate surface area is 141 Å². The predicted octanol–water partition coefficient (Wildman–Crippen LogP) is 2.09. The van der Waals surface area contributed by atoms with Crippen LogP contribution in [0.4, 0.5) is 4.39 Å². The number of ether oxygens (including phenoxy) is 2. The molecule has 0 radical (unpaired) electrons. The molecule has 25 heavy (non-hydrogen) atoms. The van der Waals surface area contributed by atoms with Crippen molar-refractivity contribution >= 4 is 5.97 Å². The predicted molar refractivity (Wildman–Crippen MR) is 83.4 cm³/mol. The first-order valence-corrected chi connectivity index (χ1v) is 7.12. The number of aromatic nitrogens is 4. The van der Waals surface area contributed by atoms with Gasteiger partial charge in [0, 0.05) is 6.20 Å². The van der Waals surface area contributed by atoms with E-state index in [1.165, 1.54) is 42.6 Å². The minimum atomic E-state index is -1.08. The van der Waals surface area contributed by atoms with Crippen LogP contribution in [0.25, 0.3) is 5.95 Å². The molecule has 0 saturated carbocycles. The average molecular weight is 344 g/mol. The zero-order valence-electron chi connectivity index (χ0n) is 13.1. The SMILES string of the molecule is COc1cc(COc2cnc(-n3cc(C(=O)O)cn3)nc2)ccc1F. The van der Waals surface area contributed by atoms with Gasteiger partial charge in [-0.2, -0.15) is 5.10 Å². The molecule has 2 aromatic heterocycles. The fraction of sp³-hybridized carbons (Fsp3) is 0.125. The molecule has 0 aliphatic carbocycles. The zero-order valence-corrected chi connectivity index (χ0v) is 13.1. The van der Waals surface area contributed by atoms with Gasteiger partial charge in [-0.05, 0) is 17.7 Å². The lowest BCUT2D eigenvalue weighted by molar-refractivity contribution is 0.0697. The maximum absolute atomic E-state index is 13.4. The Morgan fingerprint density at radius 2 is 2.04 bits per heavy atom. The summed E-state index contributed by atoms with van der Waals surface area (Å²) in [5.41, 5.74) is 0.759. The lowest BCUT2D eigenvalue weighted by Gasteiger charge is -2.08. The van der Waals surface area contributed by atoms with Gasteiger partial charge < -0.3 is 14.6 Å². The standard InChI is InChI=1S/C16H13FN4O4/c1-24-14-4-10(2-3-13(14)17)9-25-12-6-18-16(19-7-12)21-8-11(5-20-21)15(22)23/h2-8H,9H2,1H3,(H,22,23). The summed E-state index contributed by atoms with van der Waals surface area (Å²) < 4.78 is 25.1. The van der Waals surface area contributed by atoms with E-state index in [0.717, 1.165) is 5.56 Å². The molecule has 128 valence electrons. The second kappa shape index (κ2) is 6.95. The van der Waals surface area contributed by atoms with E-state index in [9.17, 15) is 9.18 Å². The highest BCUT2D eigenvalue weighted by Gasteiger charge is 2.09. The molecular formula is C16H13FN4O4. The van der Waals surface area contributed by atoms with Crippen LogP contribution in [0.2, 0.25) is 0 Å². The van der Waals surface area contributed by atoms with Crippen LogP contribution in [0.3, 0.4) is 0 Å². The highest BCUT2D eigenvalue weighted by Crippen LogP contribution is 2.19. The van der Waals surface area contributed by atoms with E-state index in [2.05, 4.69) is 15.1 Å². The largest absolute Gasteiger partial charge is 0.494 e. The summed E-state index contributed by atoms with van der Waals surface area (Å²) in [6, 6.07) is 4.43. The number of halogens is 1. The summed E-state index contributed by atoms with van der Waals surface area (Å²) in [7, 11) is 1.39. The minimum Gasteiger partial charge on any atom is -0.494 e. The molecular weight excluding hydrogens is 331 g/mol. The Kier molecular flexibility index (Phi) is 4.55. The van der Waals surface area contributed by atoms with Gasteiger partial charge in [-0.25, -0.2) is 23.8 Å². The summed E-state index contributed by atoms with van der Waals surface area (Å²) in [4.78, 5) is 19.0. The molecule has 0 fully saturated rings. The second-order valence-corrected chi connectivity index (χ2v) is 4.96. The molecule has 0 amide bonds. The molecule has 3 rings (SSSR count). The molecule has 1 N–H and O–H groups in total. The van der Waals surface area contributed by atoms with Crippen molar-refractivity contribution < 1.29 is 23.8 Å². The fourth-order valence-corrected chi connectivity index (χ4v) is 2.01. The van der Waals surface area contributed by atoms with Crippen LogP contribution in [0, 0.1) is 5.82 Å². The van der Waals surface area contributed by atoms with E-state index in [1.807, 2.05) is 0 Å². The first-order valence-electron chi connectivity index (χ1n) is 7.12. The van der Waals surface area contributed by atoms with Crippen molar-refractivity contribution in [3.8, 4) is 17.4 Å². The normalized spacial score (nSPS) is 10.5. The van der Waals surface area contributed by atoms with Crippen molar-refractivity contribution in [2.45, 2.75) is 6.61 Å². The topological polar surface area (TPSA) is 99.4 Å². The van der Waals surface area contributed by atoms with Crippen LogP contribution in [-0.4, -0.2) is 37.9 Å². The molecule has 8 nitrogen and oxygen atoms in total. The van der Waals surface area contributed by atoms with Crippen LogP contribution < -0.4 is 9.47 Å². The fourth-order valence-electron chi connectivity index (χ4n) is 2.01. The van der Waals surface area contributed by atoms with Gasteiger partial charge in [0.1, 0.15) is 6.61 Å². The first kappa shape index (κ1) is 16.4. The Morgan fingerprint density at radius 3 is 2.68 bits per heavy atom. The number of aromatic carboxylic acids is 1. The molecule has 2 heterocycles. The number of nitrogens with zero attached hydrogens (tertiary/aromatic N) is 4. The highest BCUT2D eigenvalue weighted by molar-refractivity contribution is 5.86. The van der Waals surface area contributed by atoms with Crippen LogP contribution in [0.5, 0.6) is 11.5 Å². The first-order chi connectivity index (χ1) is 12.1. The van der Waals surface area contributed by atoms with E-state index < -0.39 is 11.8 Å². The van der Waals surface area contributed by atoms with Gasteiger partial charge in [0.25, 0.3) is 5.95 Å². The quantitative estimate of drug-likeness (QED) is 0.731. The number of carboxylic acid groups (broad SMARTS) is 1. The molecule has 0 aliphatic heterocycles. The van der Waals surface area contributed by atoms with Crippen LogP contribution in [0.15, 0.2) is 43.0 Å². The second-order valence-electron chi connectivity index (χ2n) is 4.96. The van der Waals surface area contributed by atoms with E-state index in [-0.39, 0.29) is 23.9 Å². The lowest BCUT2D eigenvalue weighted by atomic mass is 10.2. The van der Waals surface area contributed by atoms with Gasteiger partial charge in [-0.3, -0.25) is 0 Å². The molecule has 0 saturated heterocycles. The van der Waals surface area contributed by atoms with E-state index in [1.54, 1.807) is 12.1 Å². The third-order valence-electron chi connectivity index (χ3n) is 3.27. The van der Waals surface area contributed by atoms with Gasteiger partial charge in [0.05, 0.1) is 31.3 Å². The third kappa shape index (κ3) is 3.71. The lowest BCUT2D eigenvalue weighted by Crippen LogP contribution is -2.03. The van der Waals surface area contributed by atoms with E-state index in [0.29, 0.717) is 5.75 Å². The maximum atomic E-state index is 13.4. The van der Waals surface area contributed by atoms with Crippen LogP contribution in [0.1, 0.15) is 15.9 Å². The minimum absolute atomic E-state index is 0.0363. The van der Waals surface area contributed by atoms with Gasteiger partial charge >= 0.3 is 5.97 Å². The maximum Gasteiger partial charge on any atom is 0.338 e.